The van der Waals surface area contributed by atoms with Crippen molar-refractivity contribution in [3.63, 3.8) is 0 Å². The summed E-state index contributed by atoms with van der Waals surface area (Å²) in [4.78, 5) is 25.7. The second kappa shape index (κ2) is 5.07. The number of amides is 1. The van der Waals surface area contributed by atoms with Crippen LogP contribution in [0, 0.1) is 12.7 Å². The molecular weight excluding hydrogens is 337 g/mol. The summed E-state index contributed by atoms with van der Waals surface area (Å²) in [6, 6.07) is 9.42. The van der Waals surface area contributed by atoms with Gasteiger partial charge in [-0.1, -0.05) is 28.1 Å². The molecule has 2 aromatic carbocycles. The molecule has 3 rings (SSSR count). The molecule has 2 aromatic rings. The lowest BCUT2D eigenvalue weighted by Crippen LogP contribution is -2.29. The van der Waals surface area contributed by atoms with E-state index in [2.05, 4.69) is 15.9 Å². The second-order valence-electron chi connectivity index (χ2n) is 4.97. The summed E-state index contributed by atoms with van der Waals surface area (Å²) in [5.41, 5.74) is 2.67. The van der Waals surface area contributed by atoms with E-state index in [4.69, 9.17) is 0 Å². The molecule has 0 spiro atoms. The van der Waals surface area contributed by atoms with Crippen molar-refractivity contribution in [1.82, 2.24) is 0 Å². The molecule has 0 saturated carbocycles. The Morgan fingerprint density at radius 1 is 1.14 bits per heavy atom. The molecule has 0 aromatic heterocycles. The third-order valence-corrected chi connectivity index (χ3v) is 3.93. The number of nitrogens with zero attached hydrogens (tertiary/aromatic N) is 1. The van der Waals surface area contributed by atoms with Gasteiger partial charge >= 0.3 is 0 Å². The molecule has 0 radical (unpaired) electrons. The third kappa shape index (κ3) is 2.38. The number of carbonyl (C=O) groups is 2. The molecule has 3 nitrogen and oxygen atoms in total. The van der Waals surface area contributed by atoms with Gasteiger partial charge in [-0.05, 0) is 42.3 Å². The largest absolute Gasteiger partial charge is 0.300 e. The molecule has 0 unspecified atom stereocenters. The molecule has 5 heteroatoms. The van der Waals surface area contributed by atoms with Crippen LogP contribution in [0.5, 0.6) is 0 Å². The van der Waals surface area contributed by atoms with E-state index in [1.165, 1.54) is 17.0 Å². The van der Waals surface area contributed by atoms with Crippen molar-refractivity contribution in [3.05, 3.63) is 63.4 Å². The molecular formula is C16H11BrFNO2. The molecule has 21 heavy (non-hydrogen) atoms. The maximum atomic E-state index is 12.9. The van der Waals surface area contributed by atoms with Crippen molar-refractivity contribution >= 4 is 33.3 Å². The number of hydrogen-bond acceptors (Lipinski definition) is 2. The first kappa shape index (κ1) is 13.9. The number of halogens is 2. The van der Waals surface area contributed by atoms with Crippen molar-refractivity contribution in [2.24, 2.45) is 0 Å². The topological polar surface area (TPSA) is 37.4 Å². The molecule has 1 amide bonds. The van der Waals surface area contributed by atoms with Crippen molar-refractivity contribution in [2.75, 3.05) is 4.90 Å². The highest BCUT2D eigenvalue weighted by Gasteiger charge is 2.37. The monoisotopic (exact) mass is 347 g/mol. The molecule has 0 fully saturated rings. The van der Waals surface area contributed by atoms with Crippen LogP contribution in [0.4, 0.5) is 10.1 Å². The summed E-state index contributed by atoms with van der Waals surface area (Å²) in [5.74, 6) is -1.38. The Morgan fingerprint density at radius 2 is 1.81 bits per heavy atom. The molecule has 0 N–H and O–H groups in total. The molecule has 0 aliphatic carbocycles. The summed E-state index contributed by atoms with van der Waals surface area (Å²) in [5, 5.41) is 0. The minimum absolute atomic E-state index is 0.250. The maximum absolute atomic E-state index is 12.9. The van der Waals surface area contributed by atoms with Gasteiger partial charge in [-0.3, -0.25) is 9.59 Å². The van der Waals surface area contributed by atoms with Gasteiger partial charge in [0.05, 0.1) is 17.8 Å². The van der Waals surface area contributed by atoms with Gasteiger partial charge in [0.1, 0.15) is 5.82 Å². The van der Waals surface area contributed by atoms with Gasteiger partial charge in [0.25, 0.3) is 11.7 Å². The predicted molar refractivity (Wildman–Crippen MR) is 80.8 cm³/mol. The molecule has 1 heterocycles. The van der Waals surface area contributed by atoms with E-state index >= 15 is 0 Å². The lowest BCUT2D eigenvalue weighted by molar-refractivity contribution is -0.114. The van der Waals surface area contributed by atoms with E-state index in [0.29, 0.717) is 11.3 Å². The first-order chi connectivity index (χ1) is 9.97. The van der Waals surface area contributed by atoms with E-state index in [9.17, 15) is 14.0 Å². The number of Topliss-reactive ketones (excluding diaryl/α,β-unsaturated/α-hetero) is 1. The first-order valence-electron chi connectivity index (χ1n) is 6.38. The van der Waals surface area contributed by atoms with Crippen LogP contribution in [0.3, 0.4) is 0 Å². The van der Waals surface area contributed by atoms with Crippen LogP contribution in [0.1, 0.15) is 21.5 Å². The molecule has 0 bridgehead atoms. The van der Waals surface area contributed by atoms with E-state index in [1.54, 1.807) is 18.2 Å². The molecule has 0 atom stereocenters. The summed E-state index contributed by atoms with van der Waals surface area (Å²) in [6.45, 7) is 2.10. The summed E-state index contributed by atoms with van der Waals surface area (Å²) >= 11 is 3.33. The quantitative estimate of drug-likeness (QED) is 0.778. The number of benzene rings is 2. The van der Waals surface area contributed by atoms with Crippen molar-refractivity contribution in [2.45, 2.75) is 13.5 Å². The average Bonchev–Trinajstić information content (AvgIpc) is 2.67. The van der Waals surface area contributed by atoms with Crippen LogP contribution in [0.25, 0.3) is 0 Å². The van der Waals surface area contributed by atoms with Crippen LogP contribution in [0.15, 0.2) is 40.9 Å². The van der Waals surface area contributed by atoms with Crippen molar-refractivity contribution in [1.29, 1.82) is 0 Å². The number of hydrogen-bond donors (Lipinski definition) is 0. The standard InChI is InChI=1S/C16H11BrFNO2/c1-9-6-11(17)7-13-14(9)19(16(21)15(13)20)8-10-2-4-12(18)5-3-10/h2-7H,8H2,1H3. The van der Waals surface area contributed by atoms with Gasteiger partial charge in [-0.15, -0.1) is 0 Å². The van der Waals surface area contributed by atoms with Gasteiger partial charge in [0.15, 0.2) is 0 Å². The maximum Gasteiger partial charge on any atom is 0.299 e. The Balaban J connectivity index is 2.03. The Morgan fingerprint density at radius 3 is 2.48 bits per heavy atom. The molecule has 1 aliphatic heterocycles. The molecule has 106 valence electrons. The van der Waals surface area contributed by atoms with Crippen LogP contribution in [-0.4, -0.2) is 11.7 Å². The minimum Gasteiger partial charge on any atom is -0.300 e. The van der Waals surface area contributed by atoms with Crippen LogP contribution in [-0.2, 0) is 11.3 Å². The Labute approximate surface area is 129 Å². The molecule has 0 saturated heterocycles. The zero-order valence-electron chi connectivity index (χ0n) is 11.2. The zero-order chi connectivity index (χ0) is 15.1. The SMILES string of the molecule is Cc1cc(Br)cc2c1N(Cc1ccc(F)cc1)C(=O)C2=O. The van der Waals surface area contributed by atoms with E-state index < -0.39 is 11.7 Å². The summed E-state index contributed by atoms with van der Waals surface area (Å²) < 4.78 is 13.7. The van der Waals surface area contributed by atoms with Gasteiger partial charge in [0, 0.05) is 4.47 Å². The molecule has 1 aliphatic rings. The average molecular weight is 348 g/mol. The Bertz CT molecular complexity index is 756. The number of anilines is 1. The smallest absolute Gasteiger partial charge is 0.299 e. The lowest BCUT2D eigenvalue weighted by Gasteiger charge is -2.18. The lowest BCUT2D eigenvalue weighted by atomic mass is 10.1. The fraction of sp³-hybridized carbons (Fsp3) is 0.125. The number of fused-ring (bicyclic) bond motifs is 1. The highest BCUT2D eigenvalue weighted by molar-refractivity contribution is 9.10. The highest BCUT2D eigenvalue weighted by Crippen LogP contribution is 2.35. The zero-order valence-corrected chi connectivity index (χ0v) is 12.8. The van der Waals surface area contributed by atoms with Crippen molar-refractivity contribution < 1.29 is 14.0 Å². The van der Waals surface area contributed by atoms with Crippen LogP contribution in [0.2, 0.25) is 0 Å². The highest BCUT2D eigenvalue weighted by atomic mass is 79.9. The number of carbonyl (C=O) groups excluding carboxylic acids is 2. The Hall–Kier alpha value is -2.01. The number of rotatable bonds is 2. The van der Waals surface area contributed by atoms with Gasteiger partial charge in [0.2, 0.25) is 0 Å². The predicted octanol–water partition coefficient (Wildman–Crippen LogP) is 3.63. The van der Waals surface area contributed by atoms with Crippen LogP contribution < -0.4 is 4.90 Å². The van der Waals surface area contributed by atoms with Gasteiger partial charge in [-0.2, -0.15) is 0 Å². The van der Waals surface area contributed by atoms with E-state index in [-0.39, 0.29) is 12.4 Å². The first-order valence-corrected chi connectivity index (χ1v) is 7.17. The van der Waals surface area contributed by atoms with Gasteiger partial charge < -0.3 is 4.90 Å². The second-order valence-corrected chi connectivity index (χ2v) is 5.88. The summed E-state index contributed by atoms with van der Waals surface area (Å²) in [6.07, 6.45) is 0. The fourth-order valence-corrected chi connectivity index (χ4v) is 3.10. The van der Waals surface area contributed by atoms with Crippen molar-refractivity contribution in [3.8, 4) is 0 Å². The third-order valence-electron chi connectivity index (χ3n) is 3.47. The number of ketones is 1. The van der Waals surface area contributed by atoms with E-state index in [0.717, 1.165) is 15.6 Å². The fourth-order valence-electron chi connectivity index (χ4n) is 2.53. The minimum atomic E-state index is -0.546. The normalized spacial score (nSPS) is 13.8. The van der Waals surface area contributed by atoms with Crippen LogP contribution >= 0.6 is 15.9 Å². The summed E-state index contributed by atoms with van der Waals surface area (Å²) in [7, 11) is 0. The Kier molecular flexibility index (Phi) is 3.37. The van der Waals surface area contributed by atoms with Gasteiger partial charge in [-0.25, -0.2) is 4.39 Å². The van der Waals surface area contributed by atoms with E-state index in [1.807, 2.05) is 13.0 Å². The number of aryl methyl sites for hydroxylation is 1.